The summed E-state index contributed by atoms with van der Waals surface area (Å²) in [4.78, 5) is 21.9. The normalized spacial score (nSPS) is 9.40. The molecule has 1 rings (SSSR count). The van der Waals surface area contributed by atoms with Gasteiger partial charge in [0.2, 0.25) is 0 Å². The van der Waals surface area contributed by atoms with E-state index in [4.69, 9.17) is 14.2 Å². The first-order valence-corrected chi connectivity index (χ1v) is 5.96. The highest BCUT2D eigenvalue weighted by atomic mass is 16.6. The zero-order valence-corrected chi connectivity index (χ0v) is 11.0. The Kier molecular flexibility index (Phi) is 6.61. The SMILES string of the molecule is C=CC(=O)OCCOc1ccccc1COC(=O)C=C. The highest BCUT2D eigenvalue weighted by Crippen LogP contribution is 2.18. The molecule has 20 heavy (non-hydrogen) atoms. The number of benzene rings is 1. The van der Waals surface area contributed by atoms with Crippen molar-refractivity contribution in [2.75, 3.05) is 13.2 Å². The fourth-order valence-corrected chi connectivity index (χ4v) is 1.32. The van der Waals surface area contributed by atoms with Crippen LogP contribution in [0.3, 0.4) is 0 Å². The van der Waals surface area contributed by atoms with Gasteiger partial charge in [-0.05, 0) is 6.07 Å². The van der Waals surface area contributed by atoms with Crippen LogP contribution in [0.4, 0.5) is 0 Å². The van der Waals surface area contributed by atoms with Crippen LogP contribution in [0.2, 0.25) is 0 Å². The molecule has 0 unspecified atom stereocenters. The number of para-hydroxylation sites is 1. The molecule has 0 aliphatic carbocycles. The predicted molar refractivity (Wildman–Crippen MR) is 73.1 cm³/mol. The van der Waals surface area contributed by atoms with Crippen LogP contribution >= 0.6 is 0 Å². The van der Waals surface area contributed by atoms with Gasteiger partial charge in [0.1, 0.15) is 25.6 Å². The smallest absolute Gasteiger partial charge is 0.330 e. The molecular weight excluding hydrogens is 260 g/mol. The van der Waals surface area contributed by atoms with Crippen molar-refractivity contribution in [3.8, 4) is 5.75 Å². The lowest BCUT2D eigenvalue weighted by Crippen LogP contribution is -2.11. The van der Waals surface area contributed by atoms with Crippen LogP contribution in [-0.4, -0.2) is 25.2 Å². The number of carbonyl (C=O) groups is 2. The topological polar surface area (TPSA) is 61.8 Å². The molecule has 0 spiro atoms. The van der Waals surface area contributed by atoms with Crippen molar-refractivity contribution in [2.24, 2.45) is 0 Å². The molecule has 0 saturated heterocycles. The molecule has 0 N–H and O–H groups in total. The number of rotatable bonds is 8. The fourth-order valence-electron chi connectivity index (χ4n) is 1.32. The number of carbonyl (C=O) groups excluding carboxylic acids is 2. The van der Waals surface area contributed by atoms with E-state index < -0.39 is 11.9 Å². The minimum atomic E-state index is -0.500. The van der Waals surface area contributed by atoms with Crippen molar-refractivity contribution >= 4 is 11.9 Å². The second kappa shape index (κ2) is 8.53. The van der Waals surface area contributed by atoms with Gasteiger partial charge in [0, 0.05) is 17.7 Å². The lowest BCUT2D eigenvalue weighted by molar-refractivity contribution is -0.139. The quantitative estimate of drug-likeness (QED) is 0.413. The van der Waals surface area contributed by atoms with E-state index in [0.29, 0.717) is 5.75 Å². The maximum Gasteiger partial charge on any atom is 0.330 e. The van der Waals surface area contributed by atoms with Gasteiger partial charge in [0.05, 0.1) is 0 Å². The summed E-state index contributed by atoms with van der Waals surface area (Å²) in [6, 6.07) is 7.12. The number of esters is 2. The Hall–Kier alpha value is -2.56. The summed E-state index contributed by atoms with van der Waals surface area (Å²) in [6.07, 6.45) is 2.18. The van der Waals surface area contributed by atoms with Crippen LogP contribution in [0.15, 0.2) is 49.6 Å². The van der Waals surface area contributed by atoms with Gasteiger partial charge in [-0.1, -0.05) is 31.4 Å². The van der Waals surface area contributed by atoms with Crippen LogP contribution in [0.1, 0.15) is 5.56 Å². The zero-order chi connectivity index (χ0) is 14.8. The van der Waals surface area contributed by atoms with Gasteiger partial charge < -0.3 is 14.2 Å². The Balaban J connectivity index is 2.48. The highest BCUT2D eigenvalue weighted by Gasteiger charge is 2.05. The van der Waals surface area contributed by atoms with Crippen LogP contribution in [0.25, 0.3) is 0 Å². The minimum Gasteiger partial charge on any atom is -0.490 e. The van der Waals surface area contributed by atoms with E-state index in [1.165, 1.54) is 0 Å². The molecule has 106 valence electrons. The number of hydrogen-bond donors (Lipinski definition) is 0. The average molecular weight is 276 g/mol. The maximum absolute atomic E-state index is 11.0. The zero-order valence-electron chi connectivity index (χ0n) is 11.0. The third kappa shape index (κ3) is 5.39. The third-order valence-electron chi connectivity index (χ3n) is 2.26. The van der Waals surface area contributed by atoms with E-state index >= 15 is 0 Å². The fraction of sp³-hybridized carbons (Fsp3) is 0.200. The molecule has 1 aromatic carbocycles. The van der Waals surface area contributed by atoms with Crippen LogP contribution in [0.5, 0.6) is 5.75 Å². The van der Waals surface area contributed by atoms with Gasteiger partial charge in [-0.3, -0.25) is 0 Å². The summed E-state index contributed by atoms with van der Waals surface area (Å²) in [5.41, 5.74) is 0.720. The maximum atomic E-state index is 11.0. The summed E-state index contributed by atoms with van der Waals surface area (Å²) in [6.45, 7) is 7.01. The molecule has 0 aromatic heterocycles. The van der Waals surface area contributed by atoms with Crippen LogP contribution in [-0.2, 0) is 25.7 Å². The molecule has 0 aliphatic heterocycles. The largest absolute Gasteiger partial charge is 0.490 e. The van der Waals surface area contributed by atoms with Crippen molar-refractivity contribution in [1.82, 2.24) is 0 Å². The lowest BCUT2D eigenvalue weighted by Gasteiger charge is -2.11. The van der Waals surface area contributed by atoms with E-state index in [9.17, 15) is 9.59 Å². The van der Waals surface area contributed by atoms with E-state index in [2.05, 4.69) is 13.2 Å². The summed E-state index contributed by atoms with van der Waals surface area (Å²) in [5.74, 6) is -0.430. The van der Waals surface area contributed by atoms with Crippen molar-refractivity contribution in [2.45, 2.75) is 6.61 Å². The molecule has 0 saturated carbocycles. The average Bonchev–Trinajstić information content (AvgIpc) is 2.49. The molecule has 0 radical (unpaired) electrons. The Bertz CT molecular complexity index is 493. The molecule has 0 bridgehead atoms. The van der Waals surface area contributed by atoms with E-state index in [0.717, 1.165) is 17.7 Å². The minimum absolute atomic E-state index is 0.0907. The molecule has 1 aromatic rings. The van der Waals surface area contributed by atoms with Gasteiger partial charge in [0.15, 0.2) is 0 Å². The number of hydrogen-bond acceptors (Lipinski definition) is 5. The molecule has 0 aliphatic rings. The summed E-state index contributed by atoms with van der Waals surface area (Å²) >= 11 is 0. The molecule has 5 heteroatoms. The van der Waals surface area contributed by atoms with Crippen molar-refractivity contribution in [1.29, 1.82) is 0 Å². The standard InChI is InChI=1S/C15H16O5/c1-3-14(16)19-10-9-18-13-8-6-5-7-12(13)11-20-15(17)4-2/h3-8H,1-2,9-11H2. The van der Waals surface area contributed by atoms with Gasteiger partial charge in [-0.2, -0.15) is 0 Å². The van der Waals surface area contributed by atoms with Crippen molar-refractivity contribution in [3.63, 3.8) is 0 Å². The van der Waals surface area contributed by atoms with E-state index in [1.54, 1.807) is 18.2 Å². The molecular formula is C15H16O5. The monoisotopic (exact) mass is 276 g/mol. The van der Waals surface area contributed by atoms with Crippen molar-refractivity contribution < 1.29 is 23.8 Å². The molecule has 0 atom stereocenters. The first-order chi connectivity index (χ1) is 9.67. The Morgan fingerprint density at radius 3 is 2.35 bits per heavy atom. The van der Waals surface area contributed by atoms with E-state index in [1.807, 2.05) is 6.07 Å². The van der Waals surface area contributed by atoms with E-state index in [-0.39, 0.29) is 19.8 Å². The summed E-state index contributed by atoms with van der Waals surface area (Å²) < 4.78 is 15.2. The van der Waals surface area contributed by atoms with Crippen LogP contribution < -0.4 is 4.74 Å². The third-order valence-corrected chi connectivity index (χ3v) is 2.26. The van der Waals surface area contributed by atoms with Gasteiger partial charge in [-0.15, -0.1) is 0 Å². The van der Waals surface area contributed by atoms with Crippen molar-refractivity contribution in [3.05, 3.63) is 55.1 Å². The molecule has 0 amide bonds. The molecule has 0 fully saturated rings. The Labute approximate surface area is 117 Å². The van der Waals surface area contributed by atoms with Gasteiger partial charge >= 0.3 is 11.9 Å². The molecule has 0 heterocycles. The number of ether oxygens (including phenoxy) is 3. The Morgan fingerprint density at radius 1 is 1.00 bits per heavy atom. The summed E-state index contributed by atoms with van der Waals surface area (Å²) in [5, 5.41) is 0. The lowest BCUT2D eigenvalue weighted by atomic mass is 10.2. The van der Waals surface area contributed by atoms with Gasteiger partial charge in [0.25, 0.3) is 0 Å². The van der Waals surface area contributed by atoms with Gasteiger partial charge in [-0.25, -0.2) is 9.59 Å². The predicted octanol–water partition coefficient (Wildman–Crippen LogP) is 2.02. The Morgan fingerprint density at radius 2 is 1.65 bits per heavy atom. The summed E-state index contributed by atoms with van der Waals surface area (Å²) in [7, 11) is 0. The van der Waals surface area contributed by atoms with Crippen LogP contribution in [0, 0.1) is 0 Å². The second-order valence-corrected chi connectivity index (χ2v) is 3.64. The molecule has 5 nitrogen and oxygen atoms in total. The first-order valence-electron chi connectivity index (χ1n) is 5.96. The first kappa shape index (κ1) is 15.5. The second-order valence-electron chi connectivity index (χ2n) is 3.64. The highest BCUT2D eigenvalue weighted by molar-refractivity contribution is 5.81.